The van der Waals surface area contributed by atoms with Crippen molar-refractivity contribution in [3.8, 4) is 12.1 Å². The van der Waals surface area contributed by atoms with Gasteiger partial charge in [0.15, 0.2) is 16.8 Å². The Balaban J connectivity index is 0.000000163. The number of benzene rings is 3. The highest BCUT2D eigenvalue weighted by Crippen LogP contribution is 2.62. The first kappa shape index (κ1) is 73.3. The summed E-state index contributed by atoms with van der Waals surface area (Å²) in [4.78, 5) is 60.6. The zero-order chi connectivity index (χ0) is 73.5. The number of anilines is 3. The standard InChI is InChI=1S/2C22H18F5N5O2.C21H18ClF5N4O2/c2*23-10-20-9-21(26,27)6-17(20)22(11-24,32-19(29)34-20)14-5-13(2-3-15(14)25)31-18(33)16-4-1-12(7-28)8-30-16;22-11-1-4-15(29-7-11)17(32)30-12-2-3-14(25)13(5-12)21(10-24)16-6-20(26,27)8-19(16,9-23)33-18(28)31-21/h2*1-5,8,17H,6,9-11H2,(H2,29,32)(H,31,33);1-5,7,16H,6,8-10H2,(H2,28,31)(H,30,32)/t2*17-,20-,22+;16-,19-,21+/m100/s1. The summed E-state index contributed by atoms with van der Waals surface area (Å²) in [5, 5.41) is 25.3. The van der Waals surface area contributed by atoms with Gasteiger partial charge in [-0.1, -0.05) is 11.6 Å². The lowest BCUT2D eigenvalue weighted by molar-refractivity contribution is -0.0698. The highest BCUT2D eigenvalue weighted by Gasteiger charge is 2.71. The van der Waals surface area contributed by atoms with Crippen molar-refractivity contribution in [3.05, 3.63) is 177 Å². The zero-order valence-corrected chi connectivity index (χ0v) is 52.7. The molecule has 3 amide bonds. The predicted octanol–water partition coefficient (Wildman–Crippen LogP) is 11.6. The van der Waals surface area contributed by atoms with Crippen LogP contribution in [0, 0.1) is 57.9 Å². The maximum atomic E-state index is 15.0. The Labute approximate surface area is 567 Å². The number of amides is 3. The number of aliphatic imine (C=N–C) groups is 3. The van der Waals surface area contributed by atoms with Crippen molar-refractivity contribution in [3.63, 3.8) is 0 Å². The van der Waals surface area contributed by atoms with Crippen LogP contribution in [0.4, 0.5) is 82.9 Å². The fourth-order valence-corrected chi connectivity index (χ4v) is 14.0. The van der Waals surface area contributed by atoms with Gasteiger partial charge in [-0.15, -0.1) is 0 Å². The Bertz CT molecular complexity index is 4200. The van der Waals surface area contributed by atoms with E-state index >= 15 is 0 Å². The number of ether oxygens (including phenoxy) is 3. The molecule has 3 aliphatic heterocycles. The van der Waals surface area contributed by atoms with Gasteiger partial charge in [-0.2, -0.15) is 10.5 Å². The van der Waals surface area contributed by atoms with Crippen LogP contribution in [0.2, 0.25) is 5.02 Å². The minimum Gasteiger partial charge on any atom is -0.455 e. The first-order valence-corrected chi connectivity index (χ1v) is 30.4. The Morgan fingerprint density at radius 1 is 0.455 bits per heavy atom. The topological polar surface area (TPSA) is 316 Å². The summed E-state index contributed by atoms with van der Waals surface area (Å²) in [5.74, 6) is -20.1. The number of carbonyl (C=O) groups excluding carboxylic acids is 3. The van der Waals surface area contributed by atoms with E-state index in [0.717, 1.165) is 36.4 Å². The normalized spacial score (nSPS) is 27.4. The number of fused-ring (bicyclic) bond motifs is 3. The van der Waals surface area contributed by atoms with Crippen molar-refractivity contribution in [1.82, 2.24) is 15.0 Å². The van der Waals surface area contributed by atoms with E-state index in [1.54, 1.807) is 0 Å². The number of carbonyl (C=O) groups is 3. The second-order valence-corrected chi connectivity index (χ2v) is 25.1. The molecule has 101 heavy (non-hydrogen) atoms. The van der Waals surface area contributed by atoms with Gasteiger partial charge in [0.1, 0.15) is 103 Å². The number of rotatable bonds is 15. The van der Waals surface area contributed by atoms with Crippen LogP contribution < -0.4 is 33.2 Å². The van der Waals surface area contributed by atoms with Crippen molar-refractivity contribution >= 4 is 64.4 Å². The lowest BCUT2D eigenvalue weighted by Gasteiger charge is -2.46. The Morgan fingerprint density at radius 2 is 0.743 bits per heavy atom. The fourth-order valence-electron chi connectivity index (χ4n) is 13.9. The summed E-state index contributed by atoms with van der Waals surface area (Å²) in [5.41, 5.74) is 2.34. The van der Waals surface area contributed by atoms with Gasteiger partial charge in [0.05, 0.1) is 35.4 Å². The second-order valence-electron chi connectivity index (χ2n) is 24.7. The predicted molar refractivity (Wildman–Crippen MR) is 330 cm³/mol. The Morgan fingerprint density at radius 3 is 0.980 bits per heavy atom. The third kappa shape index (κ3) is 14.0. The number of pyridine rings is 3. The van der Waals surface area contributed by atoms with E-state index < -0.39 is 217 Å². The molecule has 6 heterocycles. The number of nitrogens with two attached hydrogens (primary N) is 3. The lowest BCUT2D eigenvalue weighted by atomic mass is 9.71. The molecule has 3 aliphatic carbocycles. The highest BCUT2D eigenvalue weighted by atomic mass is 35.5. The van der Waals surface area contributed by atoms with Crippen LogP contribution in [0.15, 0.2) is 125 Å². The van der Waals surface area contributed by atoms with Gasteiger partial charge in [-0.05, 0) is 91.0 Å². The van der Waals surface area contributed by atoms with Crippen molar-refractivity contribution in [2.75, 3.05) is 56.0 Å². The average Bonchev–Trinajstić information content (AvgIpc) is 1.62. The molecule has 12 rings (SSSR count). The molecule has 6 aliphatic rings. The minimum atomic E-state index is -3.42. The van der Waals surface area contributed by atoms with Gasteiger partial charge in [0.2, 0.25) is 0 Å². The number of nitriles is 2. The smallest absolute Gasteiger partial charge is 0.283 e. The van der Waals surface area contributed by atoms with Gasteiger partial charge >= 0.3 is 0 Å². The van der Waals surface area contributed by atoms with Crippen molar-refractivity contribution in [2.45, 2.75) is 89.7 Å². The van der Waals surface area contributed by atoms with E-state index in [9.17, 15) is 80.2 Å². The minimum absolute atomic E-state index is 0.00862. The van der Waals surface area contributed by atoms with E-state index in [1.165, 1.54) is 73.2 Å². The van der Waals surface area contributed by atoms with E-state index in [-0.39, 0.29) is 45.3 Å². The van der Waals surface area contributed by atoms with Gasteiger partial charge in [0, 0.05) is 89.4 Å². The van der Waals surface area contributed by atoms with Gasteiger partial charge in [0.25, 0.3) is 53.6 Å². The molecule has 3 aromatic heterocycles. The molecule has 0 bridgehead atoms. The van der Waals surface area contributed by atoms with Crippen LogP contribution in [0.3, 0.4) is 0 Å². The van der Waals surface area contributed by atoms with Gasteiger partial charge < -0.3 is 47.4 Å². The quantitative estimate of drug-likeness (QED) is 0.0521. The molecule has 20 nitrogen and oxygen atoms in total. The number of hydrogen-bond donors (Lipinski definition) is 6. The first-order chi connectivity index (χ1) is 47.7. The summed E-state index contributed by atoms with van der Waals surface area (Å²) < 4.78 is 233. The summed E-state index contributed by atoms with van der Waals surface area (Å²) in [6.07, 6.45) is -2.56. The van der Waals surface area contributed by atoms with E-state index in [0.29, 0.717) is 5.02 Å². The third-order valence-electron chi connectivity index (χ3n) is 18.2. The van der Waals surface area contributed by atoms with Crippen LogP contribution in [0.5, 0.6) is 0 Å². The molecule has 3 saturated carbocycles. The summed E-state index contributed by atoms with van der Waals surface area (Å²) in [6.45, 7) is -8.60. The molecule has 0 radical (unpaired) electrons. The molecule has 6 aromatic rings. The van der Waals surface area contributed by atoms with E-state index in [1.807, 2.05) is 12.1 Å². The van der Waals surface area contributed by atoms with Gasteiger partial charge in [-0.25, -0.2) is 95.8 Å². The van der Waals surface area contributed by atoms with Crippen LogP contribution in [-0.2, 0) is 30.8 Å². The zero-order valence-electron chi connectivity index (χ0n) is 51.9. The number of nitrogens with zero attached hydrogens (tertiary/aromatic N) is 8. The third-order valence-corrected chi connectivity index (χ3v) is 18.5. The SMILES string of the molecule is N#Cc1ccc(C(=O)Nc2ccc(F)c([C@@]3(CF)N=C(N)O[C@]4(CF)CC(F)(F)C[C@@H]43)c2)nc1.N#Cc1ccc(C(=O)Nc2ccc(F)c([C@]3(CF)N=C(N)O[C@@]4(CF)CC(F)(F)C[C@H]43)c2)nc1.NC1=N[C@](CF)(c2cc(NC(=O)c3ccc(Cl)cn3)ccc2F)[C@H]2CC(F)(F)C[C@@]2(CF)O1. The Kier molecular flexibility index (Phi) is 20.0. The van der Waals surface area contributed by atoms with Crippen LogP contribution in [0.25, 0.3) is 0 Å². The molecule has 9 N–H and O–H groups in total. The molecule has 36 heteroatoms. The maximum Gasteiger partial charge on any atom is 0.283 e. The van der Waals surface area contributed by atoms with E-state index in [4.69, 9.17) is 53.5 Å². The number of hydrogen-bond acceptors (Lipinski definition) is 17. The summed E-state index contributed by atoms with van der Waals surface area (Å²) in [7, 11) is 0. The molecule has 3 fully saturated rings. The van der Waals surface area contributed by atoms with Crippen LogP contribution in [0.1, 0.15) is 97.8 Å². The molecule has 0 spiro atoms. The van der Waals surface area contributed by atoms with E-state index in [2.05, 4.69) is 45.9 Å². The monoisotopic (exact) mass is 1450 g/mol. The first-order valence-electron chi connectivity index (χ1n) is 30.0. The summed E-state index contributed by atoms with van der Waals surface area (Å²) >= 11 is 5.75. The average molecular weight is 1450 g/mol. The van der Waals surface area contributed by atoms with Gasteiger partial charge in [-0.3, -0.25) is 14.4 Å². The molecule has 9 atom stereocenters. The second kappa shape index (κ2) is 27.6. The summed E-state index contributed by atoms with van der Waals surface area (Å²) in [6, 6.07) is 19.0. The molecular formula is C65H54ClF15N14O6. The number of nitrogens with one attached hydrogen (secondary N) is 3. The number of amidine groups is 3. The number of aromatic nitrogens is 3. The van der Waals surface area contributed by atoms with Crippen molar-refractivity contribution in [1.29, 1.82) is 10.5 Å². The fraction of sp³-hybridized carbons (Fsp3) is 0.369. The highest BCUT2D eigenvalue weighted by molar-refractivity contribution is 6.30. The molecule has 532 valence electrons. The molecule has 0 saturated heterocycles. The lowest BCUT2D eigenvalue weighted by Crippen LogP contribution is -2.57. The Hall–Kier alpha value is -10.5. The van der Waals surface area contributed by atoms with Crippen molar-refractivity contribution < 1.29 is 94.5 Å². The number of halogens is 16. The largest absolute Gasteiger partial charge is 0.455 e. The molecular weight excluding hydrogens is 1390 g/mol. The van der Waals surface area contributed by atoms with Crippen LogP contribution in [-0.4, -0.2) is 125 Å². The van der Waals surface area contributed by atoms with Crippen LogP contribution >= 0.6 is 11.6 Å². The molecule has 3 aromatic carbocycles. The maximum absolute atomic E-state index is 15.0. The number of alkyl halides is 12. The van der Waals surface area contributed by atoms with Crippen molar-refractivity contribution in [2.24, 2.45) is 49.9 Å². The molecule has 0 unspecified atom stereocenters.